The van der Waals surface area contributed by atoms with E-state index in [4.69, 9.17) is 14.2 Å². The van der Waals surface area contributed by atoms with E-state index >= 15 is 0 Å². The Kier molecular flexibility index (Phi) is 7.39. The van der Waals surface area contributed by atoms with Crippen LogP contribution in [0.1, 0.15) is 20.3 Å². The normalized spacial score (nSPS) is 11.6. The van der Waals surface area contributed by atoms with E-state index in [0.717, 1.165) is 6.42 Å². The number of anilines is 1. The van der Waals surface area contributed by atoms with Gasteiger partial charge in [0.25, 0.3) is 0 Å². The zero-order chi connectivity index (χ0) is 15.7. The Hall–Kier alpha value is -1.95. The highest BCUT2D eigenvalue weighted by Gasteiger charge is 2.09. The Morgan fingerprint density at radius 1 is 1.24 bits per heavy atom. The zero-order valence-corrected chi connectivity index (χ0v) is 13.1. The molecule has 1 aromatic rings. The SMILES string of the molecule is CCC(C)NC(=O)Nc1ccc(OC)c(OCCOC)c1. The van der Waals surface area contributed by atoms with Gasteiger partial charge in [-0.25, -0.2) is 4.79 Å². The summed E-state index contributed by atoms with van der Waals surface area (Å²) in [6.45, 7) is 4.86. The molecule has 21 heavy (non-hydrogen) atoms. The largest absolute Gasteiger partial charge is 0.493 e. The molecule has 2 N–H and O–H groups in total. The third-order valence-electron chi connectivity index (χ3n) is 2.96. The summed E-state index contributed by atoms with van der Waals surface area (Å²) in [6, 6.07) is 5.13. The van der Waals surface area contributed by atoms with E-state index in [0.29, 0.717) is 30.4 Å². The number of rotatable bonds is 8. The highest BCUT2D eigenvalue weighted by atomic mass is 16.5. The Morgan fingerprint density at radius 3 is 2.62 bits per heavy atom. The molecule has 6 nitrogen and oxygen atoms in total. The first-order chi connectivity index (χ1) is 10.1. The fourth-order valence-electron chi connectivity index (χ4n) is 1.60. The second-order valence-corrected chi connectivity index (χ2v) is 4.61. The van der Waals surface area contributed by atoms with Crippen molar-refractivity contribution in [3.63, 3.8) is 0 Å². The molecule has 0 aliphatic rings. The number of carbonyl (C=O) groups excluding carboxylic acids is 1. The van der Waals surface area contributed by atoms with E-state index in [1.54, 1.807) is 32.4 Å². The minimum atomic E-state index is -0.239. The Balaban J connectivity index is 2.70. The van der Waals surface area contributed by atoms with Gasteiger partial charge >= 0.3 is 6.03 Å². The maximum absolute atomic E-state index is 11.8. The lowest BCUT2D eigenvalue weighted by Crippen LogP contribution is -2.35. The van der Waals surface area contributed by atoms with Gasteiger partial charge < -0.3 is 24.8 Å². The quantitative estimate of drug-likeness (QED) is 0.724. The summed E-state index contributed by atoms with van der Waals surface area (Å²) >= 11 is 0. The number of carbonyl (C=O) groups is 1. The molecule has 118 valence electrons. The molecular formula is C15H24N2O4. The first kappa shape index (κ1) is 17.1. The van der Waals surface area contributed by atoms with E-state index in [1.807, 2.05) is 13.8 Å². The van der Waals surface area contributed by atoms with Crippen LogP contribution < -0.4 is 20.1 Å². The van der Waals surface area contributed by atoms with E-state index < -0.39 is 0 Å². The average Bonchev–Trinajstić information content (AvgIpc) is 2.47. The molecule has 0 radical (unpaired) electrons. The molecule has 0 spiro atoms. The predicted molar refractivity (Wildman–Crippen MR) is 82.3 cm³/mol. The van der Waals surface area contributed by atoms with Crippen LogP contribution in [0.15, 0.2) is 18.2 Å². The van der Waals surface area contributed by atoms with Gasteiger partial charge in [-0.1, -0.05) is 6.92 Å². The molecule has 0 aromatic heterocycles. The highest BCUT2D eigenvalue weighted by Crippen LogP contribution is 2.30. The second-order valence-electron chi connectivity index (χ2n) is 4.61. The van der Waals surface area contributed by atoms with Crippen LogP contribution in [0.2, 0.25) is 0 Å². The maximum atomic E-state index is 11.8. The Bertz CT molecular complexity index is 451. The van der Waals surface area contributed by atoms with E-state index in [-0.39, 0.29) is 12.1 Å². The first-order valence-electron chi connectivity index (χ1n) is 6.98. The lowest BCUT2D eigenvalue weighted by Gasteiger charge is -2.15. The molecule has 1 unspecified atom stereocenters. The van der Waals surface area contributed by atoms with Crippen LogP contribution in [0, 0.1) is 0 Å². The molecule has 0 saturated heterocycles. The summed E-state index contributed by atoms with van der Waals surface area (Å²) < 4.78 is 15.7. The molecule has 0 aliphatic heterocycles. The predicted octanol–water partition coefficient (Wildman–Crippen LogP) is 2.64. The number of urea groups is 1. The lowest BCUT2D eigenvalue weighted by atomic mass is 10.2. The first-order valence-corrected chi connectivity index (χ1v) is 6.98. The summed E-state index contributed by atoms with van der Waals surface area (Å²) in [5.74, 6) is 1.18. The molecule has 1 aromatic carbocycles. The standard InChI is InChI=1S/C15H24N2O4/c1-5-11(2)16-15(18)17-12-6-7-13(20-4)14(10-12)21-9-8-19-3/h6-7,10-11H,5,8-9H2,1-4H3,(H2,16,17,18). The Labute approximate surface area is 125 Å². The minimum absolute atomic E-state index is 0.126. The van der Waals surface area contributed by atoms with Gasteiger partial charge in [-0.2, -0.15) is 0 Å². The zero-order valence-electron chi connectivity index (χ0n) is 13.1. The van der Waals surface area contributed by atoms with Gasteiger partial charge in [0.15, 0.2) is 11.5 Å². The average molecular weight is 296 g/mol. The van der Waals surface area contributed by atoms with Crippen LogP contribution in [0.25, 0.3) is 0 Å². The molecule has 0 fully saturated rings. The summed E-state index contributed by atoms with van der Waals surface area (Å²) in [4.78, 5) is 11.8. The molecule has 0 aliphatic carbocycles. The number of amides is 2. The van der Waals surface area contributed by atoms with Crippen LogP contribution in [-0.4, -0.2) is 39.5 Å². The summed E-state index contributed by atoms with van der Waals surface area (Å²) in [5.41, 5.74) is 0.643. The van der Waals surface area contributed by atoms with Crippen molar-refractivity contribution < 1.29 is 19.0 Å². The molecule has 0 saturated carbocycles. The summed E-state index contributed by atoms with van der Waals surface area (Å²) in [5, 5.41) is 5.61. The second kappa shape index (κ2) is 9.07. The molecule has 0 bridgehead atoms. The van der Waals surface area contributed by atoms with Crippen LogP contribution in [-0.2, 0) is 4.74 Å². The van der Waals surface area contributed by atoms with Crippen molar-refractivity contribution in [3.05, 3.63) is 18.2 Å². The van der Waals surface area contributed by atoms with Crippen LogP contribution in [0.3, 0.4) is 0 Å². The van der Waals surface area contributed by atoms with Gasteiger partial charge in [0.2, 0.25) is 0 Å². The van der Waals surface area contributed by atoms with Crippen LogP contribution in [0.4, 0.5) is 10.5 Å². The van der Waals surface area contributed by atoms with Crippen molar-refractivity contribution in [1.29, 1.82) is 0 Å². The number of hydrogen-bond donors (Lipinski definition) is 2. The Morgan fingerprint density at radius 2 is 2.00 bits per heavy atom. The van der Waals surface area contributed by atoms with Crippen LogP contribution in [0.5, 0.6) is 11.5 Å². The van der Waals surface area contributed by atoms with Crippen LogP contribution >= 0.6 is 0 Å². The lowest BCUT2D eigenvalue weighted by molar-refractivity contribution is 0.144. The van der Waals surface area contributed by atoms with Gasteiger partial charge in [-0.05, 0) is 25.5 Å². The van der Waals surface area contributed by atoms with Crippen molar-refractivity contribution in [2.24, 2.45) is 0 Å². The van der Waals surface area contributed by atoms with E-state index in [9.17, 15) is 4.79 Å². The van der Waals surface area contributed by atoms with Crippen molar-refractivity contribution in [2.75, 3.05) is 32.8 Å². The molecule has 1 rings (SSSR count). The smallest absolute Gasteiger partial charge is 0.319 e. The highest BCUT2D eigenvalue weighted by molar-refractivity contribution is 5.89. The van der Waals surface area contributed by atoms with E-state index in [2.05, 4.69) is 10.6 Å². The fraction of sp³-hybridized carbons (Fsp3) is 0.533. The van der Waals surface area contributed by atoms with Gasteiger partial charge in [0, 0.05) is 24.9 Å². The number of methoxy groups -OCH3 is 2. The topological polar surface area (TPSA) is 68.8 Å². The molecular weight excluding hydrogens is 272 g/mol. The fourth-order valence-corrected chi connectivity index (χ4v) is 1.60. The minimum Gasteiger partial charge on any atom is -0.493 e. The molecule has 6 heteroatoms. The number of hydrogen-bond acceptors (Lipinski definition) is 4. The van der Waals surface area contributed by atoms with Crippen molar-refractivity contribution in [1.82, 2.24) is 5.32 Å². The van der Waals surface area contributed by atoms with Crippen molar-refractivity contribution in [2.45, 2.75) is 26.3 Å². The van der Waals surface area contributed by atoms with Crippen molar-refractivity contribution in [3.8, 4) is 11.5 Å². The molecule has 0 heterocycles. The van der Waals surface area contributed by atoms with Crippen molar-refractivity contribution >= 4 is 11.7 Å². The van der Waals surface area contributed by atoms with E-state index in [1.165, 1.54) is 0 Å². The van der Waals surface area contributed by atoms with Gasteiger partial charge in [-0.3, -0.25) is 0 Å². The monoisotopic (exact) mass is 296 g/mol. The third-order valence-corrected chi connectivity index (χ3v) is 2.96. The molecule has 1 atom stereocenters. The third kappa shape index (κ3) is 5.91. The van der Waals surface area contributed by atoms with Gasteiger partial charge in [0.05, 0.1) is 13.7 Å². The molecule has 2 amide bonds. The summed E-state index contributed by atoms with van der Waals surface area (Å²) in [6.07, 6.45) is 0.876. The summed E-state index contributed by atoms with van der Waals surface area (Å²) in [7, 11) is 3.18. The number of benzene rings is 1. The number of nitrogens with one attached hydrogen (secondary N) is 2. The van der Waals surface area contributed by atoms with Gasteiger partial charge in [0.1, 0.15) is 6.61 Å². The maximum Gasteiger partial charge on any atom is 0.319 e. The number of ether oxygens (including phenoxy) is 3. The van der Waals surface area contributed by atoms with Gasteiger partial charge in [-0.15, -0.1) is 0 Å².